The summed E-state index contributed by atoms with van der Waals surface area (Å²) in [6.45, 7) is 0. The van der Waals surface area contributed by atoms with Gasteiger partial charge in [0.05, 0.1) is 36.2 Å². The largest absolute Gasteiger partial charge is 0.493 e. The minimum atomic E-state index is -0.336. The number of hydrazine groups is 1. The minimum Gasteiger partial charge on any atom is -0.493 e. The summed E-state index contributed by atoms with van der Waals surface area (Å²) in [5.41, 5.74) is 5.49. The first kappa shape index (κ1) is 15.3. The van der Waals surface area contributed by atoms with Crippen molar-refractivity contribution in [3.05, 3.63) is 17.7 Å². The lowest BCUT2D eigenvalue weighted by atomic mass is 10.1. The van der Waals surface area contributed by atoms with E-state index >= 15 is 0 Å². The van der Waals surface area contributed by atoms with Gasteiger partial charge in [-0.25, -0.2) is 0 Å². The molecule has 8 heteroatoms. The van der Waals surface area contributed by atoms with E-state index < -0.39 is 0 Å². The maximum absolute atomic E-state index is 11.9. The van der Waals surface area contributed by atoms with Crippen molar-refractivity contribution in [1.29, 1.82) is 0 Å². The van der Waals surface area contributed by atoms with E-state index in [-0.39, 0.29) is 5.91 Å². The van der Waals surface area contributed by atoms with E-state index in [9.17, 15) is 4.79 Å². The van der Waals surface area contributed by atoms with E-state index in [1.807, 2.05) is 0 Å². The molecular formula is C11H16N2O4SSi. The van der Waals surface area contributed by atoms with E-state index in [1.54, 1.807) is 12.1 Å². The van der Waals surface area contributed by atoms with E-state index in [0.29, 0.717) is 37.7 Å². The van der Waals surface area contributed by atoms with Crippen molar-refractivity contribution < 1.29 is 19.0 Å². The molecule has 0 aromatic heterocycles. The molecule has 0 aliphatic rings. The van der Waals surface area contributed by atoms with Gasteiger partial charge in [0, 0.05) is 5.56 Å². The van der Waals surface area contributed by atoms with Crippen LogP contribution < -0.4 is 25.1 Å². The second-order valence-electron chi connectivity index (χ2n) is 3.55. The Morgan fingerprint density at radius 2 is 1.63 bits per heavy atom. The molecule has 2 N–H and O–H groups in total. The fourth-order valence-electron chi connectivity index (χ4n) is 1.43. The highest BCUT2D eigenvalue weighted by molar-refractivity contribution is 7.82. The maximum Gasteiger partial charge on any atom is 0.269 e. The molecule has 0 heterocycles. The van der Waals surface area contributed by atoms with Crippen LogP contribution in [0.25, 0.3) is 0 Å². The van der Waals surface area contributed by atoms with Crippen LogP contribution in [0.3, 0.4) is 0 Å². The number of benzene rings is 1. The van der Waals surface area contributed by atoms with Crippen molar-refractivity contribution in [3.8, 4) is 17.2 Å². The minimum absolute atomic E-state index is 0.336. The first-order valence-corrected chi connectivity index (χ1v) is 6.81. The molecule has 0 unspecified atom stereocenters. The van der Waals surface area contributed by atoms with Gasteiger partial charge >= 0.3 is 0 Å². The number of ether oxygens (including phenoxy) is 3. The van der Waals surface area contributed by atoms with Crippen molar-refractivity contribution in [2.75, 3.05) is 21.3 Å². The van der Waals surface area contributed by atoms with Crippen molar-refractivity contribution in [2.24, 2.45) is 0 Å². The number of hydrogen-bond donors (Lipinski definition) is 2. The standard InChI is InChI=1S/C11H16N2O4SSi/c1-15-7-4-6(10(14)12-13-11(18)19)5-8(16-2)9(7)17-3/h4-5H,1-3,19H3,(H,12,14)(H,13,18). The van der Waals surface area contributed by atoms with Crippen LogP contribution in [-0.4, -0.2) is 42.1 Å². The molecule has 0 saturated heterocycles. The zero-order chi connectivity index (χ0) is 14.4. The summed E-state index contributed by atoms with van der Waals surface area (Å²) < 4.78 is 16.1. The molecule has 0 aliphatic heterocycles. The number of amides is 1. The summed E-state index contributed by atoms with van der Waals surface area (Å²) in [7, 11) is 5.15. The van der Waals surface area contributed by atoms with Gasteiger partial charge in [-0.05, 0) is 12.1 Å². The Hall–Kier alpha value is -1.80. The number of rotatable bonds is 4. The molecule has 104 valence electrons. The number of hydrogen-bond acceptors (Lipinski definition) is 5. The molecule has 0 radical (unpaired) electrons. The zero-order valence-corrected chi connectivity index (χ0v) is 14.0. The van der Waals surface area contributed by atoms with E-state index in [4.69, 9.17) is 26.4 Å². The highest BCUT2D eigenvalue weighted by atomic mass is 32.1. The highest BCUT2D eigenvalue weighted by Crippen LogP contribution is 2.38. The third-order valence-electron chi connectivity index (χ3n) is 2.28. The molecule has 6 nitrogen and oxygen atoms in total. The third kappa shape index (κ3) is 3.83. The second kappa shape index (κ2) is 6.95. The van der Waals surface area contributed by atoms with Crippen molar-refractivity contribution in [2.45, 2.75) is 0 Å². The number of carbonyl (C=O) groups excluding carboxylic acids is 1. The van der Waals surface area contributed by atoms with Crippen molar-refractivity contribution in [3.63, 3.8) is 0 Å². The number of carbonyl (C=O) groups is 1. The van der Waals surface area contributed by atoms with Gasteiger partial charge in [0.2, 0.25) is 5.75 Å². The summed E-state index contributed by atoms with van der Waals surface area (Å²) in [5, 5.41) is 0. The topological polar surface area (TPSA) is 68.8 Å². The van der Waals surface area contributed by atoms with Gasteiger partial charge in [0.15, 0.2) is 11.5 Å². The Kier molecular flexibility index (Phi) is 5.58. The quantitative estimate of drug-likeness (QED) is 0.448. The summed E-state index contributed by atoms with van der Waals surface area (Å²) >= 11 is 4.87. The van der Waals surface area contributed by atoms with Crippen LogP contribution in [0.2, 0.25) is 0 Å². The monoisotopic (exact) mass is 300 g/mol. The van der Waals surface area contributed by atoms with E-state index in [1.165, 1.54) is 21.3 Å². The molecule has 0 spiro atoms. The molecule has 0 bridgehead atoms. The molecular weight excluding hydrogens is 284 g/mol. The van der Waals surface area contributed by atoms with Crippen LogP contribution >= 0.6 is 12.2 Å². The van der Waals surface area contributed by atoms with Gasteiger partial charge in [-0.3, -0.25) is 15.6 Å². The molecule has 1 aromatic carbocycles. The lowest BCUT2D eigenvalue weighted by Crippen LogP contribution is -2.40. The van der Waals surface area contributed by atoms with Crippen LogP contribution in [0.15, 0.2) is 12.1 Å². The van der Waals surface area contributed by atoms with Gasteiger partial charge in [-0.15, -0.1) is 0 Å². The fraction of sp³-hybridized carbons (Fsp3) is 0.273. The van der Waals surface area contributed by atoms with Crippen molar-refractivity contribution in [1.82, 2.24) is 10.9 Å². The second-order valence-corrected chi connectivity index (χ2v) is 5.89. The molecule has 1 rings (SSSR count). The third-order valence-corrected chi connectivity index (χ3v) is 2.63. The summed E-state index contributed by atoms with van der Waals surface area (Å²) in [6, 6.07) is 3.13. The van der Waals surface area contributed by atoms with E-state index in [0.717, 1.165) is 0 Å². The first-order chi connectivity index (χ1) is 9.03. The molecule has 0 aliphatic carbocycles. The Morgan fingerprint density at radius 1 is 1.11 bits per heavy atom. The zero-order valence-electron chi connectivity index (χ0n) is 11.2. The van der Waals surface area contributed by atoms with Gasteiger partial charge in [0.1, 0.15) is 0 Å². The summed E-state index contributed by atoms with van der Waals surface area (Å²) in [6.07, 6.45) is 0. The fourth-order valence-corrected chi connectivity index (χ4v) is 1.61. The van der Waals surface area contributed by atoms with Crippen LogP contribution in [0.4, 0.5) is 0 Å². The average Bonchev–Trinajstić information content (AvgIpc) is 2.42. The van der Waals surface area contributed by atoms with Gasteiger partial charge < -0.3 is 14.2 Å². The predicted molar refractivity (Wildman–Crippen MR) is 79.2 cm³/mol. The Balaban J connectivity index is 3.08. The molecule has 0 atom stereocenters. The van der Waals surface area contributed by atoms with Crippen LogP contribution in [0.5, 0.6) is 17.2 Å². The average molecular weight is 300 g/mol. The Morgan fingerprint density at radius 3 is 2.00 bits per heavy atom. The van der Waals surface area contributed by atoms with E-state index in [2.05, 4.69) is 10.9 Å². The van der Waals surface area contributed by atoms with Crippen LogP contribution in [-0.2, 0) is 0 Å². The van der Waals surface area contributed by atoms with Crippen LogP contribution in [0.1, 0.15) is 10.4 Å². The van der Waals surface area contributed by atoms with Crippen molar-refractivity contribution >= 4 is 33.0 Å². The van der Waals surface area contributed by atoms with Gasteiger partial charge in [0.25, 0.3) is 5.91 Å². The number of methoxy groups -OCH3 is 3. The van der Waals surface area contributed by atoms with Gasteiger partial charge in [-0.1, -0.05) is 12.2 Å². The molecule has 0 fully saturated rings. The lowest BCUT2D eigenvalue weighted by Gasteiger charge is -2.14. The molecule has 0 saturated carbocycles. The molecule has 1 aromatic rings. The number of nitrogens with one attached hydrogen (secondary N) is 2. The highest BCUT2D eigenvalue weighted by Gasteiger charge is 2.16. The Labute approximate surface area is 119 Å². The predicted octanol–water partition coefficient (Wildman–Crippen LogP) is -0.403. The SMILES string of the molecule is COc1cc(C(=O)NNC([SiH3])=S)cc(OC)c1OC. The Bertz CT molecular complexity index is 471. The smallest absolute Gasteiger partial charge is 0.269 e. The normalized spacial score (nSPS) is 9.63. The maximum atomic E-state index is 11.9. The summed E-state index contributed by atoms with van der Waals surface area (Å²) in [5.74, 6) is 0.936. The van der Waals surface area contributed by atoms with Gasteiger partial charge in [-0.2, -0.15) is 0 Å². The summed E-state index contributed by atoms with van der Waals surface area (Å²) in [4.78, 5) is 11.9. The first-order valence-electron chi connectivity index (χ1n) is 5.40. The molecule has 19 heavy (non-hydrogen) atoms. The lowest BCUT2D eigenvalue weighted by molar-refractivity contribution is 0.0943. The van der Waals surface area contributed by atoms with Crippen LogP contribution in [0, 0.1) is 0 Å². The molecule has 1 amide bonds. The number of thiocarbonyl (C=S) groups is 1.